The third-order valence-corrected chi connectivity index (χ3v) is 4.79. The summed E-state index contributed by atoms with van der Waals surface area (Å²) in [7, 11) is 0. The van der Waals surface area contributed by atoms with Gasteiger partial charge in [0.15, 0.2) is 5.65 Å². The molecular weight excluding hydrogens is 361 g/mol. The summed E-state index contributed by atoms with van der Waals surface area (Å²) in [5, 5.41) is 0.836. The fraction of sp³-hybridized carbons (Fsp3) is 0.333. The van der Waals surface area contributed by atoms with Crippen LogP contribution in [0.1, 0.15) is 24.6 Å². The molecule has 3 heterocycles. The first kappa shape index (κ1) is 16.6. The summed E-state index contributed by atoms with van der Waals surface area (Å²) in [4.78, 5) is 8.67. The first-order chi connectivity index (χ1) is 12.1. The maximum absolute atomic E-state index is 6.18. The topological polar surface area (TPSA) is 49.2 Å². The smallest absolute Gasteiger partial charge is 0.165 e. The summed E-state index contributed by atoms with van der Waals surface area (Å²) in [6.07, 6.45) is 3.36. The van der Waals surface area contributed by atoms with Crippen molar-refractivity contribution in [1.29, 1.82) is 0 Å². The van der Waals surface area contributed by atoms with Gasteiger partial charge in [0, 0.05) is 0 Å². The van der Waals surface area contributed by atoms with E-state index in [9.17, 15) is 0 Å². The fourth-order valence-corrected chi connectivity index (χ4v) is 3.47. The first-order valence-corrected chi connectivity index (χ1v) is 8.89. The molecule has 3 aromatic rings. The number of hydrogen-bond donors (Lipinski definition) is 0. The van der Waals surface area contributed by atoms with Crippen molar-refractivity contribution < 1.29 is 9.47 Å². The van der Waals surface area contributed by atoms with Crippen molar-refractivity contribution in [2.75, 3.05) is 6.61 Å². The predicted octanol–water partition coefficient (Wildman–Crippen LogP) is 4.80. The van der Waals surface area contributed by atoms with Gasteiger partial charge in [0.25, 0.3) is 0 Å². The van der Waals surface area contributed by atoms with E-state index in [0.717, 1.165) is 18.6 Å². The largest absolute Gasteiger partial charge is 0.491 e. The van der Waals surface area contributed by atoms with Gasteiger partial charge in [-0.2, -0.15) is 0 Å². The Morgan fingerprint density at radius 2 is 2.04 bits per heavy atom. The Hall–Kier alpha value is -1.82. The molecule has 1 aliphatic heterocycles. The van der Waals surface area contributed by atoms with E-state index in [1.165, 1.54) is 5.56 Å². The molecule has 1 aliphatic rings. The van der Waals surface area contributed by atoms with E-state index >= 15 is 0 Å². The van der Waals surface area contributed by atoms with Crippen LogP contribution in [0.3, 0.4) is 0 Å². The quantitative estimate of drug-likeness (QED) is 0.612. The first-order valence-electron chi connectivity index (χ1n) is 8.13. The van der Waals surface area contributed by atoms with Crippen molar-refractivity contribution in [3.63, 3.8) is 0 Å². The number of hydrogen-bond acceptors (Lipinski definition) is 4. The standard InChI is InChI=1S/C18H17Cl2N3O2/c1-11-2-4-12(5-3-11)24-9-13-6-7-16(25-13)23-10-21-17-14(19)8-15(20)22-18(17)23/h2-5,8,10,13,16H,6-7,9H2,1H3/t13-,16+/m0/s1. The summed E-state index contributed by atoms with van der Waals surface area (Å²) in [5.41, 5.74) is 2.48. The Kier molecular flexibility index (Phi) is 4.54. The summed E-state index contributed by atoms with van der Waals surface area (Å²) in [6.45, 7) is 2.57. The molecule has 130 valence electrons. The maximum atomic E-state index is 6.18. The van der Waals surface area contributed by atoms with Gasteiger partial charge in [-0.15, -0.1) is 0 Å². The average molecular weight is 378 g/mol. The number of imidazole rings is 1. The number of aromatic nitrogens is 3. The van der Waals surface area contributed by atoms with Crippen molar-refractivity contribution in [3.05, 3.63) is 52.4 Å². The Labute approximate surface area is 155 Å². The lowest BCUT2D eigenvalue weighted by molar-refractivity contribution is -0.0158. The molecule has 0 N–H and O–H groups in total. The number of pyridine rings is 1. The van der Waals surface area contributed by atoms with Gasteiger partial charge in [-0.25, -0.2) is 9.97 Å². The van der Waals surface area contributed by atoms with Crippen molar-refractivity contribution in [1.82, 2.24) is 14.5 Å². The second-order valence-electron chi connectivity index (χ2n) is 6.17. The van der Waals surface area contributed by atoms with Gasteiger partial charge in [0.2, 0.25) is 0 Å². The van der Waals surface area contributed by atoms with Crippen LogP contribution in [0.15, 0.2) is 36.7 Å². The van der Waals surface area contributed by atoms with E-state index in [-0.39, 0.29) is 12.3 Å². The van der Waals surface area contributed by atoms with Crippen LogP contribution in [-0.2, 0) is 4.74 Å². The number of fused-ring (bicyclic) bond motifs is 1. The van der Waals surface area contributed by atoms with E-state index < -0.39 is 0 Å². The summed E-state index contributed by atoms with van der Waals surface area (Å²) in [5.74, 6) is 0.853. The van der Waals surface area contributed by atoms with E-state index in [2.05, 4.69) is 16.9 Å². The molecule has 1 fully saturated rings. The zero-order valence-corrected chi connectivity index (χ0v) is 15.2. The molecular formula is C18H17Cl2N3O2. The van der Waals surface area contributed by atoms with Crippen LogP contribution < -0.4 is 4.74 Å². The second-order valence-corrected chi connectivity index (χ2v) is 6.96. The molecule has 0 radical (unpaired) electrons. The molecule has 7 heteroatoms. The lowest BCUT2D eigenvalue weighted by Gasteiger charge is -2.16. The molecule has 0 unspecified atom stereocenters. The summed E-state index contributed by atoms with van der Waals surface area (Å²) >= 11 is 12.2. The van der Waals surface area contributed by atoms with Crippen molar-refractivity contribution in [2.24, 2.45) is 0 Å². The van der Waals surface area contributed by atoms with Crippen molar-refractivity contribution >= 4 is 34.4 Å². The highest BCUT2D eigenvalue weighted by atomic mass is 35.5. The van der Waals surface area contributed by atoms with Crippen LogP contribution >= 0.6 is 23.2 Å². The van der Waals surface area contributed by atoms with Gasteiger partial charge in [-0.1, -0.05) is 40.9 Å². The third-order valence-electron chi connectivity index (χ3n) is 4.30. The number of nitrogens with zero attached hydrogens (tertiary/aromatic N) is 3. The second kappa shape index (κ2) is 6.83. The van der Waals surface area contributed by atoms with Gasteiger partial charge >= 0.3 is 0 Å². The van der Waals surface area contributed by atoms with Gasteiger partial charge in [-0.05, 0) is 38.0 Å². The molecule has 0 saturated carbocycles. The maximum Gasteiger partial charge on any atom is 0.165 e. The Bertz CT molecular complexity index is 895. The van der Waals surface area contributed by atoms with E-state index in [0.29, 0.717) is 27.9 Å². The Balaban J connectivity index is 1.45. The molecule has 5 nitrogen and oxygen atoms in total. The predicted molar refractivity (Wildman–Crippen MR) is 97.4 cm³/mol. The van der Waals surface area contributed by atoms with E-state index in [4.69, 9.17) is 32.7 Å². The number of ether oxygens (including phenoxy) is 2. The number of halogens is 2. The number of benzene rings is 1. The highest BCUT2D eigenvalue weighted by Gasteiger charge is 2.28. The third kappa shape index (κ3) is 3.45. The molecule has 2 atom stereocenters. The van der Waals surface area contributed by atoms with Gasteiger partial charge < -0.3 is 9.47 Å². The molecule has 0 spiro atoms. The molecule has 0 aliphatic carbocycles. The minimum atomic E-state index is -0.140. The highest BCUT2D eigenvalue weighted by Crippen LogP contribution is 2.33. The van der Waals surface area contributed by atoms with Crippen LogP contribution in [-0.4, -0.2) is 27.2 Å². The lowest BCUT2D eigenvalue weighted by Crippen LogP contribution is -2.18. The fourth-order valence-electron chi connectivity index (χ4n) is 2.99. The van der Waals surface area contributed by atoms with Crippen LogP contribution in [0.25, 0.3) is 11.2 Å². The Morgan fingerprint density at radius 3 is 2.84 bits per heavy atom. The molecule has 2 aromatic heterocycles. The van der Waals surface area contributed by atoms with Crippen LogP contribution in [0.2, 0.25) is 10.2 Å². The molecule has 25 heavy (non-hydrogen) atoms. The SMILES string of the molecule is Cc1ccc(OC[C@@H]2CC[C@H](n3cnc4c(Cl)cc(Cl)nc43)O2)cc1. The zero-order valence-electron chi connectivity index (χ0n) is 13.7. The van der Waals surface area contributed by atoms with Gasteiger partial charge in [0.1, 0.15) is 29.3 Å². The van der Waals surface area contributed by atoms with Crippen LogP contribution in [0, 0.1) is 6.92 Å². The minimum absolute atomic E-state index is 0.0263. The highest BCUT2D eigenvalue weighted by molar-refractivity contribution is 6.37. The minimum Gasteiger partial charge on any atom is -0.491 e. The molecule has 4 rings (SSSR count). The lowest BCUT2D eigenvalue weighted by atomic mass is 10.2. The average Bonchev–Trinajstić information content (AvgIpc) is 3.21. The van der Waals surface area contributed by atoms with E-state index in [1.54, 1.807) is 12.4 Å². The number of aryl methyl sites for hydroxylation is 1. The summed E-state index contributed by atoms with van der Waals surface area (Å²) < 4.78 is 13.8. The zero-order chi connectivity index (χ0) is 17.4. The summed E-state index contributed by atoms with van der Waals surface area (Å²) in [6, 6.07) is 9.60. The van der Waals surface area contributed by atoms with Crippen LogP contribution in [0.5, 0.6) is 5.75 Å². The Morgan fingerprint density at radius 1 is 1.24 bits per heavy atom. The molecule has 1 saturated heterocycles. The van der Waals surface area contributed by atoms with Gasteiger partial charge in [-0.3, -0.25) is 4.57 Å². The van der Waals surface area contributed by atoms with Crippen molar-refractivity contribution in [2.45, 2.75) is 32.1 Å². The molecule has 0 amide bonds. The molecule has 1 aromatic carbocycles. The van der Waals surface area contributed by atoms with Gasteiger partial charge in [0.05, 0.1) is 17.5 Å². The number of rotatable bonds is 4. The van der Waals surface area contributed by atoms with Crippen LogP contribution in [0.4, 0.5) is 0 Å². The molecule has 0 bridgehead atoms. The van der Waals surface area contributed by atoms with Crippen molar-refractivity contribution in [3.8, 4) is 5.75 Å². The monoisotopic (exact) mass is 377 g/mol. The van der Waals surface area contributed by atoms with E-state index in [1.807, 2.05) is 28.8 Å². The normalized spacial score (nSPS) is 20.3.